The number of nitrogens with one attached hydrogen (secondary N) is 1. The molecule has 0 saturated carbocycles. The molecule has 0 unspecified atom stereocenters. The van der Waals surface area contributed by atoms with Crippen LogP contribution < -0.4 is 15.0 Å². The number of halogens is 1. The number of hydrogen-bond donors (Lipinski definition) is 1. The van der Waals surface area contributed by atoms with Gasteiger partial charge in [-0.05, 0) is 48.9 Å². The van der Waals surface area contributed by atoms with E-state index in [1.807, 2.05) is 55.5 Å². The Bertz CT molecular complexity index is 1230. The first-order chi connectivity index (χ1) is 15.8. The molecule has 0 spiro atoms. The number of urea groups is 1. The number of benzene rings is 3. The predicted octanol–water partition coefficient (Wildman–Crippen LogP) is 5.38. The Morgan fingerprint density at radius 3 is 2.73 bits per heavy atom. The number of fused-ring (bicyclic) bond motifs is 4. The van der Waals surface area contributed by atoms with Gasteiger partial charge in [-0.3, -0.25) is 9.69 Å². The normalized spacial score (nSPS) is 21.0. The summed E-state index contributed by atoms with van der Waals surface area (Å²) >= 11 is 6.16. The van der Waals surface area contributed by atoms with E-state index in [0.717, 1.165) is 11.1 Å². The highest BCUT2D eigenvalue weighted by atomic mass is 35.5. The summed E-state index contributed by atoms with van der Waals surface area (Å²) < 4.78 is 6.32. The van der Waals surface area contributed by atoms with Crippen LogP contribution in [0.2, 0.25) is 5.02 Å². The van der Waals surface area contributed by atoms with Gasteiger partial charge in [0.1, 0.15) is 5.75 Å². The van der Waals surface area contributed by atoms with E-state index in [2.05, 4.69) is 5.32 Å². The largest absolute Gasteiger partial charge is 0.467 e. The second kappa shape index (κ2) is 8.12. The Morgan fingerprint density at radius 1 is 1.15 bits per heavy atom. The zero-order valence-electron chi connectivity index (χ0n) is 18.4. The van der Waals surface area contributed by atoms with Gasteiger partial charge >= 0.3 is 6.03 Å². The zero-order valence-corrected chi connectivity index (χ0v) is 19.2. The smallest absolute Gasteiger partial charge is 0.325 e. The van der Waals surface area contributed by atoms with Crippen LogP contribution in [0.1, 0.15) is 40.9 Å². The van der Waals surface area contributed by atoms with Crippen molar-refractivity contribution in [1.29, 1.82) is 0 Å². The molecule has 0 aromatic heterocycles. The van der Waals surface area contributed by atoms with Gasteiger partial charge in [0.2, 0.25) is 0 Å². The van der Waals surface area contributed by atoms with E-state index in [1.165, 1.54) is 0 Å². The molecule has 2 bridgehead atoms. The molecule has 0 aliphatic carbocycles. The van der Waals surface area contributed by atoms with Gasteiger partial charge < -0.3 is 15.0 Å². The van der Waals surface area contributed by atoms with E-state index < -0.39 is 5.72 Å². The van der Waals surface area contributed by atoms with E-state index in [9.17, 15) is 9.59 Å². The Morgan fingerprint density at radius 2 is 1.94 bits per heavy atom. The van der Waals surface area contributed by atoms with E-state index >= 15 is 0 Å². The minimum Gasteiger partial charge on any atom is -0.467 e. The lowest BCUT2D eigenvalue weighted by atomic mass is 9.90. The van der Waals surface area contributed by atoms with Crippen molar-refractivity contribution in [3.05, 3.63) is 94.5 Å². The fraction of sp³-hybridized carbons (Fsp3) is 0.231. The summed E-state index contributed by atoms with van der Waals surface area (Å²) in [6, 6.07) is 21.9. The zero-order chi connectivity index (χ0) is 23.2. The first kappa shape index (κ1) is 21.3. The van der Waals surface area contributed by atoms with Crippen molar-refractivity contribution in [3.8, 4) is 5.75 Å². The maximum Gasteiger partial charge on any atom is 0.325 e. The molecular formula is C26H24ClN3O3. The van der Waals surface area contributed by atoms with Crippen molar-refractivity contribution in [3.63, 3.8) is 0 Å². The van der Waals surface area contributed by atoms with E-state index in [4.69, 9.17) is 16.3 Å². The molecule has 1 fully saturated rings. The number of ether oxygens (including phenoxy) is 1. The first-order valence-electron chi connectivity index (χ1n) is 10.8. The Balaban J connectivity index is 1.43. The van der Waals surface area contributed by atoms with Crippen LogP contribution in [-0.2, 0) is 6.54 Å². The Labute approximate surface area is 197 Å². The molecular weight excluding hydrogens is 438 g/mol. The van der Waals surface area contributed by atoms with Gasteiger partial charge in [-0.25, -0.2) is 4.79 Å². The Hall–Kier alpha value is -3.51. The summed E-state index contributed by atoms with van der Waals surface area (Å²) in [6.07, 6.45) is 0.554. The molecule has 1 N–H and O–H groups in total. The molecule has 2 heterocycles. The summed E-state index contributed by atoms with van der Waals surface area (Å²) in [4.78, 5) is 29.5. The number of carbonyl (C=O) groups excluding carboxylic acids is 2. The van der Waals surface area contributed by atoms with Crippen LogP contribution in [0.5, 0.6) is 5.75 Å². The molecule has 2 aliphatic heterocycles. The van der Waals surface area contributed by atoms with E-state index in [0.29, 0.717) is 35.0 Å². The quantitative estimate of drug-likeness (QED) is 0.567. The summed E-state index contributed by atoms with van der Waals surface area (Å²) in [7, 11) is 1.77. The van der Waals surface area contributed by atoms with Gasteiger partial charge in [0.15, 0.2) is 5.72 Å². The monoisotopic (exact) mass is 461 g/mol. The second-order valence-electron chi connectivity index (χ2n) is 8.70. The van der Waals surface area contributed by atoms with Gasteiger partial charge in [0, 0.05) is 36.2 Å². The number of nitrogens with zero attached hydrogens (tertiary/aromatic N) is 2. The fourth-order valence-electron chi connectivity index (χ4n) is 4.66. The van der Waals surface area contributed by atoms with Gasteiger partial charge in [0.25, 0.3) is 5.91 Å². The lowest BCUT2D eigenvalue weighted by Gasteiger charge is -2.50. The van der Waals surface area contributed by atoms with Crippen LogP contribution in [0.4, 0.5) is 10.5 Å². The molecule has 3 aromatic carbocycles. The van der Waals surface area contributed by atoms with Crippen molar-refractivity contribution in [1.82, 2.24) is 10.2 Å². The van der Waals surface area contributed by atoms with Crippen LogP contribution in [0.25, 0.3) is 0 Å². The molecule has 3 aromatic rings. The summed E-state index contributed by atoms with van der Waals surface area (Å²) in [6.45, 7) is 2.39. The molecule has 6 nitrogen and oxygen atoms in total. The van der Waals surface area contributed by atoms with E-state index in [-0.39, 0.29) is 18.0 Å². The number of hydrogen-bond acceptors (Lipinski definition) is 3. The van der Waals surface area contributed by atoms with Gasteiger partial charge in [-0.2, -0.15) is 0 Å². The molecule has 33 heavy (non-hydrogen) atoms. The lowest BCUT2D eigenvalue weighted by molar-refractivity contribution is 0.0378. The first-order valence-corrected chi connectivity index (χ1v) is 11.2. The highest BCUT2D eigenvalue weighted by molar-refractivity contribution is 6.30. The standard InChI is InChI=1S/C26H24ClN3O3/c1-26-15-22(21-14-19(27)11-12-23(21)33-26)28-25(32)30(26)20-10-6-9-18(13-20)24(31)29(2)16-17-7-4-3-5-8-17/h3-14,22H,15-16H2,1-2H3,(H,28,32)/t22-,26+/m0/s1. The van der Waals surface area contributed by atoms with Crippen LogP contribution in [0.15, 0.2) is 72.8 Å². The lowest BCUT2D eigenvalue weighted by Crippen LogP contribution is -2.65. The molecule has 1 saturated heterocycles. The third-order valence-electron chi connectivity index (χ3n) is 6.19. The van der Waals surface area contributed by atoms with E-state index in [1.54, 1.807) is 41.1 Å². The number of carbonyl (C=O) groups is 2. The maximum absolute atomic E-state index is 13.2. The van der Waals surface area contributed by atoms with Gasteiger partial charge in [-0.1, -0.05) is 48.0 Å². The summed E-state index contributed by atoms with van der Waals surface area (Å²) in [5.74, 6) is 0.573. The van der Waals surface area contributed by atoms with Crippen molar-refractivity contribution in [2.45, 2.75) is 31.7 Å². The average molecular weight is 462 g/mol. The molecule has 0 radical (unpaired) electrons. The highest BCUT2D eigenvalue weighted by Crippen LogP contribution is 2.46. The maximum atomic E-state index is 13.2. The molecule has 3 amide bonds. The second-order valence-corrected chi connectivity index (χ2v) is 9.13. The van der Waals surface area contributed by atoms with Crippen molar-refractivity contribution in [2.24, 2.45) is 0 Å². The van der Waals surface area contributed by atoms with Gasteiger partial charge in [-0.15, -0.1) is 0 Å². The minimum absolute atomic E-state index is 0.120. The van der Waals surface area contributed by atoms with Crippen LogP contribution in [-0.4, -0.2) is 29.6 Å². The number of anilines is 1. The van der Waals surface area contributed by atoms with Crippen molar-refractivity contribution >= 4 is 29.2 Å². The molecule has 168 valence electrons. The highest BCUT2D eigenvalue weighted by Gasteiger charge is 2.50. The summed E-state index contributed by atoms with van der Waals surface area (Å²) in [5.41, 5.74) is 2.13. The van der Waals surface area contributed by atoms with Crippen molar-refractivity contribution < 1.29 is 14.3 Å². The third-order valence-corrected chi connectivity index (χ3v) is 6.43. The van der Waals surface area contributed by atoms with Crippen LogP contribution >= 0.6 is 11.6 Å². The number of amides is 3. The molecule has 2 aliphatic rings. The predicted molar refractivity (Wildman–Crippen MR) is 128 cm³/mol. The topological polar surface area (TPSA) is 61.9 Å². The Kier molecular flexibility index (Phi) is 5.25. The minimum atomic E-state index is -0.897. The molecule has 2 atom stereocenters. The summed E-state index contributed by atoms with van der Waals surface area (Å²) in [5, 5.41) is 3.66. The van der Waals surface area contributed by atoms with Crippen LogP contribution in [0, 0.1) is 0 Å². The SMILES string of the molecule is CN(Cc1ccccc1)C(=O)c1cccc(N2C(=O)N[C@H]3C[C@@]2(C)Oc2ccc(Cl)cc23)c1. The van der Waals surface area contributed by atoms with Crippen LogP contribution in [0.3, 0.4) is 0 Å². The number of rotatable bonds is 4. The molecule has 5 rings (SSSR count). The van der Waals surface area contributed by atoms with Crippen molar-refractivity contribution in [2.75, 3.05) is 11.9 Å². The average Bonchev–Trinajstić information content (AvgIpc) is 2.79. The fourth-order valence-corrected chi connectivity index (χ4v) is 4.84. The molecule has 7 heteroatoms. The van der Waals surface area contributed by atoms with Gasteiger partial charge in [0.05, 0.1) is 11.7 Å². The third kappa shape index (κ3) is 3.91.